The molecular weight excluding hydrogens is 172 g/mol. The van der Waals surface area contributed by atoms with Crippen LogP contribution in [-0.4, -0.2) is 16.4 Å². The Morgan fingerprint density at radius 2 is 1.88 bits per heavy atom. The molecule has 0 amide bonds. The summed E-state index contributed by atoms with van der Waals surface area (Å²) in [4.78, 5) is 9.24. The second kappa shape index (κ2) is 5.09. The fraction of sp³-hybridized carbons (Fsp3) is 0.800. The van der Waals surface area contributed by atoms with E-state index in [1.807, 2.05) is 0 Å². The summed E-state index contributed by atoms with van der Waals surface area (Å²) in [6.45, 7) is -0.250. The van der Waals surface area contributed by atoms with E-state index in [9.17, 15) is 0 Å². The summed E-state index contributed by atoms with van der Waals surface area (Å²) in [7, 11) is 0. The monoisotopic (exact) mass is 180 g/mol. The predicted molar refractivity (Wildman–Crippen MR) is 35.3 cm³/mol. The Bertz CT molecular complexity index is 61.4. The highest BCUT2D eigenvalue weighted by Gasteiger charge is 2.11. The third-order valence-corrected chi connectivity index (χ3v) is 1.95. The predicted octanol–water partition coefficient (Wildman–Crippen LogP) is 1.63. The summed E-state index contributed by atoms with van der Waals surface area (Å²) in [5, 5.41) is 6.89. The molecule has 1 fully saturated rings. The average molecular weight is 181 g/mol. The molecule has 1 aliphatic carbocycles. The highest BCUT2D eigenvalue weighted by Crippen LogP contribution is 2.25. The molecule has 1 saturated carbocycles. The first-order valence-electron chi connectivity index (χ1n) is 2.53. The van der Waals surface area contributed by atoms with Crippen LogP contribution in [0.1, 0.15) is 19.3 Å². The van der Waals surface area contributed by atoms with E-state index in [0.717, 1.165) is 4.83 Å². The molecule has 1 N–H and O–H groups in total. The molecule has 0 unspecified atom stereocenters. The number of halogens is 1. The Balaban J connectivity index is 0.000000145. The number of alkyl halides is 1. The minimum atomic E-state index is -0.250. The van der Waals surface area contributed by atoms with E-state index in [1.54, 1.807) is 0 Å². The molecule has 2 nitrogen and oxygen atoms in total. The molecule has 3 heteroatoms. The van der Waals surface area contributed by atoms with Crippen molar-refractivity contribution in [1.29, 1.82) is 0 Å². The van der Waals surface area contributed by atoms with Crippen LogP contribution >= 0.6 is 15.9 Å². The van der Waals surface area contributed by atoms with Crippen molar-refractivity contribution in [2.75, 3.05) is 0 Å². The van der Waals surface area contributed by atoms with Crippen molar-refractivity contribution >= 4 is 22.4 Å². The Kier molecular flexibility index (Phi) is 5.06. The van der Waals surface area contributed by atoms with Gasteiger partial charge in [0.1, 0.15) is 0 Å². The van der Waals surface area contributed by atoms with E-state index >= 15 is 0 Å². The number of carboxylic acid groups (broad SMARTS) is 1. The zero-order valence-electron chi connectivity index (χ0n) is 4.51. The lowest BCUT2D eigenvalue weighted by Crippen LogP contribution is -2.07. The van der Waals surface area contributed by atoms with E-state index in [-0.39, 0.29) is 6.47 Å². The van der Waals surface area contributed by atoms with E-state index < -0.39 is 0 Å². The van der Waals surface area contributed by atoms with Crippen LogP contribution < -0.4 is 0 Å². The van der Waals surface area contributed by atoms with E-state index in [0.29, 0.717) is 0 Å². The highest BCUT2D eigenvalue weighted by atomic mass is 79.9. The van der Waals surface area contributed by atoms with Gasteiger partial charge < -0.3 is 5.11 Å². The fourth-order valence-corrected chi connectivity index (χ4v) is 1.01. The van der Waals surface area contributed by atoms with Crippen molar-refractivity contribution < 1.29 is 9.90 Å². The van der Waals surface area contributed by atoms with Gasteiger partial charge in [-0.25, -0.2) is 0 Å². The molecule has 0 atom stereocenters. The molecule has 0 aromatic carbocycles. The molecule has 0 aromatic rings. The fourth-order valence-electron chi connectivity index (χ4n) is 0.358. The number of hydrogen-bond acceptors (Lipinski definition) is 1. The number of rotatable bonds is 0. The Morgan fingerprint density at radius 3 is 1.88 bits per heavy atom. The Labute approximate surface area is 57.0 Å². The molecule has 1 aliphatic rings. The molecule has 48 valence electrons. The molecule has 1 rings (SSSR count). The number of carbonyl (C=O) groups is 1. The van der Waals surface area contributed by atoms with Crippen LogP contribution in [0.2, 0.25) is 0 Å². The summed E-state index contributed by atoms with van der Waals surface area (Å²) >= 11 is 3.46. The van der Waals surface area contributed by atoms with Gasteiger partial charge >= 0.3 is 0 Å². The van der Waals surface area contributed by atoms with Crippen LogP contribution in [0.15, 0.2) is 0 Å². The zero-order chi connectivity index (χ0) is 6.41. The molecule has 0 radical (unpaired) electrons. The largest absolute Gasteiger partial charge is 0.483 e. The maximum absolute atomic E-state index is 8.36. The van der Waals surface area contributed by atoms with Gasteiger partial charge in [-0.2, -0.15) is 0 Å². The molecule has 0 aliphatic heterocycles. The minimum Gasteiger partial charge on any atom is -0.483 e. The zero-order valence-corrected chi connectivity index (χ0v) is 6.10. The summed E-state index contributed by atoms with van der Waals surface area (Å²) in [6, 6.07) is 0. The maximum atomic E-state index is 8.36. The molecule has 0 saturated heterocycles. The lowest BCUT2D eigenvalue weighted by molar-refractivity contribution is -0.122. The number of hydrogen-bond donors (Lipinski definition) is 1. The van der Waals surface area contributed by atoms with Crippen LogP contribution in [0, 0.1) is 0 Å². The maximum Gasteiger partial charge on any atom is 0.290 e. The average Bonchev–Trinajstić information content (AvgIpc) is 1.64. The molecular formula is C5H9BrO2. The summed E-state index contributed by atoms with van der Waals surface area (Å²) in [6.07, 6.45) is 4.25. The molecule has 0 aromatic heterocycles. The van der Waals surface area contributed by atoms with E-state index in [1.165, 1.54) is 19.3 Å². The van der Waals surface area contributed by atoms with Crippen LogP contribution in [0.4, 0.5) is 0 Å². The summed E-state index contributed by atoms with van der Waals surface area (Å²) in [5.41, 5.74) is 0. The molecule has 0 spiro atoms. The molecule has 0 heterocycles. The quantitative estimate of drug-likeness (QED) is 0.455. The van der Waals surface area contributed by atoms with Gasteiger partial charge in [0, 0.05) is 4.83 Å². The minimum absolute atomic E-state index is 0.250. The van der Waals surface area contributed by atoms with Crippen molar-refractivity contribution in [3.8, 4) is 0 Å². The van der Waals surface area contributed by atoms with Crippen LogP contribution in [0.5, 0.6) is 0 Å². The normalized spacial score (nSPS) is 17.6. The van der Waals surface area contributed by atoms with E-state index in [2.05, 4.69) is 15.9 Å². The van der Waals surface area contributed by atoms with E-state index in [4.69, 9.17) is 9.90 Å². The Hall–Kier alpha value is -0.0500. The van der Waals surface area contributed by atoms with Crippen LogP contribution in [-0.2, 0) is 4.79 Å². The van der Waals surface area contributed by atoms with Gasteiger partial charge in [-0.1, -0.05) is 22.4 Å². The van der Waals surface area contributed by atoms with Crippen LogP contribution in [0.3, 0.4) is 0 Å². The summed E-state index contributed by atoms with van der Waals surface area (Å²) in [5.74, 6) is 0. The first kappa shape index (κ1) is 7.95. The summed E-state index contributed by atoms with van der Waals surface area (Å²) < 4.78 is 0. The Morgan fingerprint density at radius 1 is 1.62 bits per heavy atom. The second-order valence-corrected chi connectivity index (χ2v) is 2.93. The van der Waals surface area contributed by atoms with Crippen LogP contribution in [0.25, 0.3) is 0 Å². The highest BCUT2D eigenvalue weighted by molar-refractivity contribution is 9.09. The van der Waals surface area contributed by atoms with Crippen molar-refractivity contribution in [3.05, 3.63) is 0 Å². The van der Waals surface area contributed by atoms with Gasteiger partial charge in [0.2, 0.25) is 0 Å². The smallest absolute Gasteiger partial charge is 0.290 e. The molecule has 8 heavy (non-hydrogen) atoms. The lowest BCUT2D eigenvalue weighted by atomic mass is 10.0. The van der Waals surface area contributed by atoms with Crippen molar-refractivity contribution in [2.45, 2.75) is 24.1 Å². The first-order chi connectivity index (χ1) is 3.81. The van der Waals surface area contributed by atoms with Gasteiger partial charge in [0.25, 0.3) is 6.47 Å². The lowest BCUT2D eigenvalue weighted by Gasteiger charge is -2.16. The topological polar surface area (TPSA) is 37.3 Å². The van der Waals surface area contributed by atoms with Gasteiger partial charge in [0.15, 0.2) is 0 Å². The second-order valence-electron chi connectivity index (χ2n) is 1.63. The first-order valence-corrected chi connectivity index (χ1v) is 3.44. The van der Waals surface area contributed by atoms with Crippen molar-refractivity contribution in [1.82, 2.24) is 0 Å². The third-order valence-electron chi connectivity index (χ3n) is 1.03. The standard InChI is InChI=1S/C4H7Br.CH2O2/c5-4-2-1-3-4;2-1-3/h4H,1-3H2;1H,(H,2,3). The third kappa shape index (κ3) is 4.12. The molecule has 0 bridgehead atoms. The van der Waals surface area contributed by atoms with Crippen molar-refractivity contribution in [3.63, 3.8) is 0 Å². The van der Waals surface area contributed by atoms with Gasteiger partial charge in [-0.05, 0) is 12.8 Å². The van der Waals surface area contributed by atoms with Gasteiger partial charge in [0.05, 0.1) is 0 Å². The van der Waals surface area contributed by atoms with Gasteiger partial charge in [-0.15, -0.1) is 0 Å². The van der Waals surface area contributed by atoms with Gasteiger partial charge in [-0.3, -0.25) is 4.79 Å². The van der Waals surface area contributed by atoms with Crippen molar-refractivity contribution in [2.24, 2.45) is 0 Å². The SMILES string of the molecule is BrC1CCC1.O=CO.